The Kier molecular flexibility index (Phi) is 2.87. The fraction of sp³-hybridized carbons (Fsp3) is 0.0909. The number of carbonyl (C=O) groups is 1. The molecule has 0 spiro atoms. The van der Waals surface area contributed by atoms with Gasteiger partial charge in [0.2, 0.25) is 0 Å². The van der Waals surface area contributed by atoms with E-state index >= 15 is 0 Å². The molecule has 2 rings (SSSR count). The Morgan fingerprint density at radius 1 is 1.44 bits per heavy atom. The van der Waals surface area contributed by atoms with E-state index in [4.69, 9.17) is 9.84 Å². The molecule has 1 heterocycles. The second kappa shape index (κ2) is 4.32. The minimum absolute atomic E-state index is 0.0610. The van der Waals surface area contributed by atoms with Crippen molar-refractivity contribution in [3.8, 4) is 16.3 Å². The van der Waals surface area contributed by atoms with Crippen LogP contribution in [0.5, 0.6) is 5.75 Å². The number of aromatic carboxylic acids is 1. The molecule has 2 aromatic rings. The Morgan fingerprint density at radius 3 is 2.81 bits per heavy atom. The minimum atomic E-state index is -1.02. The summed E-state index contributed by atoms with van der Waals surface area (Å²) in [5.41, 5.74) is 0.869. The molecular weight excluding hydrogens is 226 g/mol. The van der Waals surface area contributed by atoms with Crippen molar-refractivity contribution in [1.82, 2.24) is 4.98 Å². The van der Waals surface area contributed by atoms with Crippen LogP contribution in [0.1, 0.15) is 10.5 Å². The summed E-state index contributed by atoms with van der Waals surface area (Å²) in [6.45, 7) is 0. The summed E-state index contributed by atoms with van der Waals surface area (Å²) in [5.74, 6) is -0.328. The lowest BCUT2D eigenvalue weighted by atomic mass is 10.2. The molecule has 0 saturated carbocycles. The fourth-order valence-electron chi connectivity index (χ4n) is 1.32. The van der Waals surface area contributed by atoms with Gasteiger partial charge in [-0.05, 0) is 12.1 Å². The van der Waals surface area contributed by atoms with E-state index in [0.29, 0.717) is 10.8 Å². The summed E-state index contributed by atoms with van der Waals surface area (Å²) in [6.07, 6.45) is 0. The van der Waals surface area contributed by atoms with Crippen LogP contribution >= 0.6 is 11.3 Å². The molecule has 16 heavy (non-hydrogen) atoms. The number of thiazole rings is 1. The summed E-state index contributed by atoms with van der Waals surface area (Å²) in [4.78, 5) is 14.7. The molecule has 0 aliphatic carbocycles. The smallest absolute Gasteiger partial charge is 0.355 e. The van der Waals surface area contributed by atoms with Gasteiger partial charge in [-0.2, -0.15) is 0 Å². The summed E-state index contributed by atoms with van der Waals surface area (Å²) in [5, 5.41) is 11.0. The highest BCUT2D eigenvalue weighted by molar-refractivity contribution is 7.13. The Morgan fingerprint density at radius 2 is 2.19 bits per heavy atom. The second-order valence-corrected chi connectivity index (χ2v) is 3.90. The number of methoxy groups -OCH3 is 1. The van der Waals surface area contributed by atoms with E-state index in [0.717, 1.165) is 5.56 Å². The van der Waals surface area contributed by atoms with Gasteiger partial charge in [0.1, 0.15) is 10.8 Å². The number of para-hydroxylation sites is 1. The highest BCUT2D eigenvalue weighted by Crippen LogP contribution is 2.31. The van der Waals surface area contributed by atoms with Gasteiger partial charge in [-0.1, -0.05) is 12.1 Å². The van der Waals surface area contributed by atoms with Gasteiger partial charge in [-0.3, -0.25) is 0 Å². The van der Waals surface area contributed by atoms with Gasteiger partial charge in [-0.15, -0.1) is 11.3 Å². The first-order chi connectivity index (χ1) is 7.72. The van der Waals surface area contributed by atoms with Gasteiger partial charge in [0.05, 0.1) is 12.7 Å². The number of aromatic nitrogens is 1. The maximum Gasteiger partial charge on any atom is 0.355 e. The van der Waals surface area contributed by atoms with Crippen molar-refractivity contribution in [2.75, 3.05) is 7.11 Å². The van der Waals surface area contributed by atoms with Crippen molar-refractivity contribution >= 4 is 17.3 Å². The molecule has 5 heteroatoms. The summed E-state index contributed by atoms with van der Waals surface area (Å²) < 4.78 is 5.19. The van der Waals surface area contributed by atoms with Crippen molar-refractivity contribution < 1.29 is 14.6 Å². The van der Waals surface area contributed by atoms with Crippen molar-refractivity contribution in [1.29, 1.82) is 0 Å². The predicted octanol–water partition coefficient (Wildman–Crippen LogP) is 2.52. The molecule has 0 aliphatic heterocycles. The number of nitrogens with zero attached hydrogens (tertiary/aromatic N) is 1. The minimum Gasteiger partial charge on any atom is -0.496 e. The second-order valence-electron chi connectivity index (χ2n) is 3.04. The first kappa shape index (κ1) is 10.6. The van der Waals surface area contributed by atoms with Gasteiger partial charge >= 0.3 is 5.97 Å². The quantitative estimate of drug-likeness (QED) is 0.888. The van der Waals surface area contributed by atoms with Gasteiger partial charge in [0.15, 0.2) is 5.69 Å². The van der Waals surface area contributed by atoms with Gasteiger partial charge < -0.3 is 9.84 Å². The Bertz CT molecular complexity index is 521. The van der Waals surface area contributed by atoms with Crippen LogP contribution in [0.25, 0.3) is 10.6 Å². The van der Waals surface area contributed by atoms with Crippen LogP contribution in [0, 0.1) is 0 Å². The van der Waals surface area contributed by atoms with Crippen LogP contribution in [-0.4, -0.2) is 23.2 Å². The maximum absolute atomic E-state index is 10.7. The van der Waals surface area contributed by atoms with E-state index in [1.807, 2.05) is 24.3 Å². The Balaban J connectivity index is 2.46. The number of carboxylic acid groups (broad SMARTS) is 1. The van der Waals surface area contributed by atoms with Crippen molar-refractivity contribution in [3.63, 3.8) is 0 Å². The van der Waals surface area contributed by atoms with Gasteiger partial charge in [0.25, 0.3) is 0 Å². The molecular formula is C11H9NO3S. The molecule has 0 bridgehead atoms. The zero-order valence-corrected chi connectivity index (χ0v) is 9.32. The molecule has 0 saturated heterocycles. The largest absolute Gasteiger partial charge is 0.496 e. The van der Waals surface area contributed by atoms with Gasteiger partial charge in [0, 0.05) is 5.38 Å². The van der Waals surface area contributed by atoms with E-state index in [-0.39, 0.29) is 5.69 Å². The first-order valence-electron chi connectivity index (χ1n) is 4.54. The number of benzene rings is 1. The molecule has 1 N–H and O–H groups in total. The average molecular weight is 235 g/mol. The molecule has 0 unspecified atom stereocenters. The number of carboxylic acids is 1. The number of ether oxygens (including phenoxy) is 1. The third kappa shape index (κ3) is 1.90. The maximum atomic E-state index is 10.7. The topological polar surface area (TPSA) is 59.4 Å². The molecule has 1 aromatic heterocycles. The zero-order valence-electron chi connectivity index (χ0n) is 8.51. The lowest BCUT2D eigenvalue weighted by molar-refractivity contribution is 0.0691. The zero-order chi connectivity index (χ0) is 11.5. The standard InChI is InChI=1S/C11H9NO3S/c1-15-9-5-3-2-4-7(9)10-12-8(6-16-10)11(13)14/h2-6H,1H3,(H,13,14). The van der Waals surface area contributed by atoms with Crippen molar-refractivity contribution in [2.45, 2.75) is 0 Å². The summed E-state index contributed by atoms with van der Waals surface area (Å²) in [7, 11) is 1.57. The molecule has 0 aliphatic rings. The van der Waals surface area contributed by atoms with E-state index < -0.39 is 5.97 Å². The molecule has 1 aromatic carbocycles. The third-order valence-electron chi connectivity index (χ3n) is 2.06. The number of hydrogen-bond acceptors (Lipinski definition) is 4. The van der Waals surface area contributed by atoms with E-state index in [1.165, 1.54) is 16.7 Å². The predicted molar refractivity (Wildman–Crippen MR) is 61.1 cm³/mol. The molecule has 4 nitrogen and oxygen atoms in total. The van der Waals surface area contributed by atoms with Crippen LogP contribution in [0.3, 0.4) is 0 Å². The van der Waals surface area contributed by atoms with Crippen molar-refractivity contribution in [3.05, 3.63) is 35.3 Å². The monoisotopic (exact) mass is 235 g/mol. The number of rotatable bonds is 3. The van der Waals surface area contributed by atoms with Crippen LogP contribution in [0.4, 0.5) is 0 Å². The summed E-state index contributed by atoms with van der Waals surface area (Å²) >= 11 is 1.29. The Labute approximate surface area is 96.1 Å². The highest BCUT2D eigenvalue weighted by atomic mass is 32.1. The fourth-order valence-corrected chi connectivity index (χ4v) is 2.14. The number of hydrogen-bond donors (Lipinski definition) is 1. The first-order valence-corrected chi connectivity index (χ1v) is 5.42. The molecule has 0 amide bonds. The molecule has 0 fully saturated rings. The highest BCUT2D eigenvalue weighted by Gasteiger charge is 2.12. The van der Waals surface area contributed by atoms with Crippen LogP contribution < -0.4 is 4.74 Å². The lowest BCUT2D eigenvalue weighted by Crippen LogP contribution is -1.96. The average Bonchev–Trinajstić information content (AvgIpc) is 2.78. The van der Waals surface area contributed by atoms with E-state index in [1.54, 1.807) is 7.11 Å². The summed E-state index contributed by atoms with van der Waals surface area (Å²) in [6, 6.07) is 7.38. The van der Waals surface area contributed by atoms with Crippen LogP contribution in [0.15, 0.2) is 29.6 Å². The van der Waals surface area contributed by atoms with Crippen LogP contribution in [-0.2, 0) is 0 Å². The van der Waals surface area contributed by atoms with E-state index in [9.17, 15) is 4.79 Å². The molecule has 0 radical (unpaired) electrons. The lowest BCUT2D eigenvalue weighted by Gasteiger charge is -2.04. The van der Waals surface area contributed by atoms with Gasteiger partial charge in [-0.25, -0.2) is 9.78 Å². The third-order valence-corrected chi connectivity index (χ3v) is 2.94. The van der Waals surface area contributed by atoms with Crippen molar-refractivity contribution in [2.24, 2.45) is 0 Å². The molecule has 0 atom stereocenters. The normalized spacial score (nSPS) is 10.1. The van der Waals surface area contributed by atoms with Crippen LogP contribution in [0.2, 0.25) is 0 Å². The molecule has 82 valence electrons. The SMILES string of the molecule is COc1ccccc1-c1nc(C(=O)O)cs1. The van der Waals surface area contributed by atoms with E-state index in [2.05, 4.69) is 4.98 Å². The Hall–Kier alpha value is -1.88.